The lowest BCUT2D eigenvalue weighted by Gasteiger charge is -2.14. The van der Waals surface area contributed by atoms with E-state index in [0.29, 0.717) is 6.54 Å². The third-order valence-corrected chi connectivity index (χ3v) is 2.72. The summed E-state index contributed by atoms with van der Waals surface area (Å²) in [6.45, 7) is 1.96. The lowest BCUT2D eigenvalue weighted by atomic mass is 10.1. The second-order valence-electron chi connectivity index (χ2n) is 4.16. The number of amides is 2. The molecule has 4 N–H and O–H groups in total. The third-order valence-electron chi connectivity index (χ3n) is 2.72. The molecule has 104 valence electrons. The number of aryl methyl sites for hydroxylation is 1. The molecule has 0 aromatic heterocycles. The zero-order valence-electron chi connectivity index (χ0n) is 10.7. The largest absolute Gasteiger partial charge is 0.480 e. The molecule has 6 heteroatoms. The van der Waals surface area contributed by atoms with Crippen LogP contribution in [0, 0.1) is 6.92 Å². The second-order valence-corrected chi connectivity index (χ2v) is 4.16. The van der Waals surface area contributed by atoms with Crippen molar-refractivity contribution in [1.82, 2.24) is 10.6 Å². The number of aliphatic carboxylic acids is 1. The van der Waals surface area contributed by atoms with E-state index in [4.69, 9.17) is 10.2 Å². The lowest BCUT2D eigenvalue weighted by Crippen LogP contribution is -2.46. The van der Waals surface area contributed by atoms with Crippen LogP contribution in [0.5, 0.6) is 0 Å². The van der Waals surface area contributed by atoms with Gasteiger partial charge in [0.1, 0.15) is 6.04 Å². The van der Waals surface area contributed by atoms with Gasteiger partial charge in [-0.3, -0.25) is 0 Å². The number of carbonyl (C=O) groups excluding carboxylic acids is 1. The highest BCUT2D eigenvalue weighted by Gasteiger charge is 2.18. The fourth-order valence-electron chi connectivity index (χ4n) is 1.58. The van der Waals surface area contributed by atoms with Gasteiger partial charge in [-0.15, -0.1) is 0 Å². The molecule has 19 heavy (non-hydrogen) atoms. The molecule has 1 rings (SSSR count). The van der Waals surface area contributed by atoms with Crippen molar-refractivity contribution in [3.63, 3.8) is 0 Å². The van der Waals surface area contributed by atoms with Gasteiger partial charge in [0.25, 0.3) is 0 Å². The van der Waals surface area contributed by atoms with Crippen molar-refractivity contribution in [3.05, 3.63) is 35.4 Å². The molecule has 2 amide bonds. The first kappa shape index (κ1) is 15.0. The standard InChI is InChI=1S/C13H18N2O4/c1-9-4-2-3-5-10(9)8-14-13(19)15-11(6-7-16)12(17)18/h2-5,11,16H,6-8H2,1H3,(H,17,18)(H2,14,15,19)/t11-/m0/s1. The van der Waals surface area contributed by atoms with E-state index in [9.17, 15) is 9.59 Å². The number of aliphatic hydroxyl groups is 1. The second kappa shape index (κ2) is 7.38. The Balaban J connectivity index is 2.47. The molecule has 0 saturated heterocycles. The maximum atomic E-state index is 11.6. The Kier molecular flexibility index (Phi) is 5.81. The molecule has 0 aliphatic rings. The minimum absolute atomic E-state index is 0.0207. The molecule has 0 radical (unpaired) electrons. The molecule has 0 saturated carbocycles. The molecule has 1 aromatic carbocycles. The number of urea groups is 1. The fourth-order valence-corrected chi connectivity index (χ4v) is 1.58. The summed E-state index contributed by atoms with van der Waals surface area (Å²) in [5.41, 5.74) is 2.01. The summed E-state index contributed by atoms with van der Waals surface area (Å²) in [5, 5.41) is 22.4. The highest BCUT2D eigenvalue weighted by atomic mass is 16.4. The average Bonchev–Trinajstić information content (AvgIpc) is 2.37. The van der Waals surface area contributed by atoms with Crippen molar-refractivity contribution in [2.75, 3.05) is 6.61 Å². The van der Waals surface area contributed by atoms with E-state index in [1.54, 1.807) is 0 Å². The minimum atomic E-state index is -1.17. The number of aliphatic hydroxyl groups excluding tert-OH is 1. The summed E-state index contributed by atoms with van der Waals surface area (Å²) in [5.74, 6) is -1.17. The van der Waals surface area contributed by atoms with Gasteiger partial charge in [0.15, 0.2) is 0 Å². The monoisotopic (exact) mass is 266 g/mol. The van der Waals surface area contributed by atoms with Gasteiger partial charge in [-0.1, -0.05) is 24.3 Å². The van der Waals surface area contributed by atoms with Crippen molar-refractivity contribution < 1.29 is 19.8 Å². The molecule has 6 nitrogen and oxygen atoms in total. The fraction of sp³-hybridized carbons (Fsp3) is 0.385. The van der Waals surface area contributed by atoms with Crippen molar-refractivity contribution >= 4 is 12.0 Å². The maximum absolute atomic E-state index is 11.6. The normalized spacial score (nSPS) is 11.7. The van der Waals surface area contributed by atoms with Crippen LogP contribution in [0.4, 0.5) is 4.79 Å². The smallest absolute Gasteiger partial charge is 0.326 e. The molecule has 0 unspecified atom stereocenters. The Hall–Kier alpha value is -2.08. The molecule has 1 aromatic rings. The topological polar surface area (TPSA) is 98.7 Å². The van der Waals surface area contributed by atoms with Crippen molar-refractivity contribution in [2.24, 2.45) is 0 Å². The zero-order valence-corrected chi connectivity index (χ0v) is 10.7. The van der Waals surface area contributed by atoms with E-state index >= 15 is 0 Å². The molecular weight excluding hydrogens is 248 g/mol. The SMILES string of the molecule is Cc1ccccc1CNC(=O)N[C@@H](CCO)C(=O)O. The first-order valence-corrected chi connectivity index (χ1v) is 5.97. The molecule has 0 heterocycles. The summed E-state index contributed by atoms with van der Waals surface area (Å²) in [6.07, 6.45) is -0.0207. The van der Waals surface area contributed by atoms with E-state index in [-0.39, 0.29) is 13.0 Å². The Bertz CT molecular complexity index is 448. The number of nitrogens with one attached hydrogen (secondary N) is 2. The number of carboxylic acids is 1. The maximum Gasteiger partial charge on any atom is 0.326 e. The van der Waals surface area contributed by atoms with Crippen LogP contribution < -0.4 is 10.6 Å². The van der Waals surface area contributed by atoms with Gasteiger partial charge in [0.05, 0.1) is 0 Å². The Labute approximate surface area is 111 Å². The molecule has 0 aliphatic carbocycles. The number of rotatable bonds is 6. The van der Waals surface area contributed by atoms with Gasteiger partial charge in [0, 0.05) is 19.6 Å². The van der Waals surface area contributed by atoms with E-state index in [1.165, 1.54) is 0 Å². The van der Waals surface area contributed by atoms with Crippen molar-refractivity contribution in [1.29, 1.82) is 0 Å². The predicted molar refractivity (Wildman–Crippen MR) is 69.7 cm³/mol. The first-order valence-electron chi connectivity index (χ1n) is 5.97. The average molecular weight is 266 g/mol. The van der Waals surface area contributed by atoms with Crippen LogP contribution >= 0.6 is 0 Å². The van der Waals surface area contributed by atoms with Crippen LogP contribution in [0.2, 0.25) is 0 Å². The molecule has 1 atom stereocenters. The summed E-state index contributed by atoms with van der Waals surface area (Å²) in [6, 6.07) is 5.94. The quantitative estimate of drug-likeness (QED) is 0.607. The number of benzene rings is 1. The van der Waals surface area contributed by atoms with Gasteiger partial charge in [-0.05, 0) is 18.1 Å². The summed E-state index contributed by atoms with van der Waals surface area (Å²) in [7, 11) is 0. The molecular formula is C13H18N2O4. The van der Waals surface area contributed by atoms with Gasteiger partial charge in [0.2, 0.25) is 0 Å². The number of hydrogen-bond donors (Lipinski definition) is 4. The van der Waals surface area contributed by atoms with Gasteiger partial charge in [-0.25, -0.2) is 9.59 Å². The van der Waals surface area contributed by atoms with E-state index in [2.05, 4.69) is 10.6 Å². The zero-order chi connectivity index (χ0) is 14.3. The van der Waals surface area contributed by atoms with Crippen LogP contribution in [-0.2, 0) is 11.3 Å². The van der Waals surface area contributed by atoms with E-state index < -0.39 is 18.0 Å². The Morgan fingerprint density at radius 3 is 2.58 bits per heavy atom. The van der Waals surface area contributed by atoms with Gasteiger partial charge in [-0.2, -0.15) is 0 Å². The highest BCUT2D eigenvalue weighted by molar-refractivity contribution is 5.82. The lowest BCUT2D eigenvalue weighted by molar-refractivity contribution is -0.139. The molecule has 0 spiro atoms. The van der Waals surface area contributed by atoms with Crippen LogP contribution in [0.1, 0.15) is 17.5 Å². The van der Waals surface area contributed by atoms with Crippen molar-refractivity contribution in [2.45, 2.75) is 25.9 Å². The number of carboxylic acid groups (broad SMARTS) is 1. The van der Waals surface area contributed by atoms with Crippen LogP contribution in [0.3, 0.4) is 0 Å². The van der Waals surface area contributed by atoms with E-state index in [0.717, 1.165) is 11.1 Å². The Morgan fingerprint density at radius 2 is 2.00 bits per heavy atom. The molecule has 0 fully saturated rings. The van der Waals surface area contributed by atoms with Crippen molar-refractivity contribution in [3.8, 4) is 0 Å². The van der Waals surface area contributed by atoms with Crippen LogP contribution in [0.15, 0.2) is 24.3 Å². The molecule has 0 bridgehead atoms. The molecule has 0 aliphatic heterocycles. The first-order chi connectivity index (χ1) is 9.04. The van der Waals surface area contributed by atoms with Crippen LogP contribution in [-0.4, -0.2) is 34.9 Å². The van der Waals surface area contributed by atoms with Gasteiger partial charge < -0.3 is 20.8 Å². The minimum Gasteiger partial charge on any atom is -0.480 e. The Morgan fingerprint density at radius 1 is 1.32 bits per heavy atom. The number of hydrogen-bond acceptors (Lipinski definition) is 3. The number of carbonyl (C=O) groups is 2. The summed E-state index contributed by atoms with van der Waals surface area (Å²) < 4.78 is 0. The van der Waals surface area contributed by atoms with Crippen LogP contribution in [0.25, 0.3) is 0 Å². The highest BCUT2D eigenvalue weighted by Crippen LogP contribution is 2.05. The third kappa shape index (κ3) is 4.97. The van der Waals surface area contributed by atoms with Gasteiger partial charge >= 0.3 is 12.0 Å². The summed E-state index contributed by atoms with van der Waals surface area (Å²) in [4.78, 5) is 22.3. The predicted octanol–water partition coefficient (Wildman–Crippen LogP) is 0.630. The van der Waals surface area contributed by atoms with E-state index in [1.807, 2.05) is 31.2 Å². The summed E-state index contributed by atoms with van der Waals surface area (Å²) >= 11 is 0.